The number of pyridine rings is 1. The van der Waals surface area contributed by atoms with E-state index in [0.717, 1.165) is 40.8 Å². The Bertz CT molecular complexity index is 1040. The molecule has 0 atom stereocenters. The van der Waals surface area contributed by atoms with Crippen LogP contribution in [-0.2, 0) is 12.1 Å². The monoisotopic (exact) mass is 378 g/mol. The Balaban J connectivity index is 1.73. The number of nitrogens with zero attached hydrogens (tertiary/aromatic N) is 3. The Hall–Kier alpha value is -2.89. The molecule has 1 amide bonds. The number of phenols is 1. The molecule has 1 aromatic carbocycles. The molecule has 3 aromatic rings. The largest absolute Gasteiger partial charge is 0.508 e. The Morgan fingerprint density at radius 3 is 2.54 bits per heavy atom. The average molecular weight is 378 g/mol. The van der Waals surface area contributed by atoms with Crippen LogP contribution in [-0.4, -0.2) is 25.8 Å². The molecule has 6 nitrogen and oxygen atoms in total. The standard InChI is InChI=1S/C22H26N4O2/c1-13-19-17(21(28)23-12-14-5-9-16(27)10-6-14)11-18(15-7-8-15)24-20(19)26(25-13)22(2,3)4/h5-6,9-11,15,27H,7-8,12H2,1-4H3,(H,23,28). The van der Waals surface area contributed by atoms with Crippen molar-refractivity contribution in [3.05, 3.63) is 52.8 Å². The first-order chi connectivity index (χ1) is 13.2. The van der Waals surface area contributed by atoms with E-state index in [1.54, 1.807) is 24.3 Å². The van der Waals surface area contributed by atoms with E-state index < -0.39 is 0 Å². The third-order valence-electron chi connectivity index (χ3n) is 5.10. The number of carbonyl (C=O) groups is 1. The average Bonchev–Trinajstić information content (AvgIpc) is 3.43. The summed E-state index contributed by atoms with van der Waals surface area (Å²) in [5.74, 6) is 0.529. The van der Waals surface area contributed by atoms with Crippen LogP contribution in [0.5, 0.6) is 5.75 Å². The molecular weight excluding hydrogens is 352 g/mol. The zero-order valence-electron chi connectivity index (χ0n) is 16.8. The molecule has 28 heavy (non-hydrogen) atoms. The van der Waals surface area contributed by atoms with Crippen LogP contribution in [0.4, 0.5) is 0 Å². The van der Waals surface area contributed by atoms with Crippen molar-refractivity contribution >= 4 is 16.9 Å². The molecule has 6 heteroatoms. The summed E-state index contributed by atoms with van der Waals surface area (Å²) in [4.78, 5) is 18.0. The summed E-state index contributed by atoms with van der Waals surface area (Å²) in [6.45, 7) is 8.60. The molecule has 1 aliphatic carbocycles. The summed E-state index contributed by atoms with van der Waals surface area (Å²) >= 11 is 0. The number of hydrogen-bond acceptors (Lipinski definition) is 4. The minimum atomic E-state index is -0.221. The van der Waals surface area contributed by atoms with Gasteiger partial charge < -0.3 is 10.4 Å². The molecule has 0 aliphatic heterocycles. The second kappa shape index (κ2) is 6.62. The normalized spacial score (nSPS) is 14.4. The van der Waals surface area contributed by atoms with Crippen molar-refractivity contribution in [2.24, 2.45) is 0 Å². The van der Waals surface area contributed by atoms with Crippen LogP contribution in [0.15, 0.2) is 30.3 Å². The zero-order chi connectivity index (χ0) is 20.1. The molecule has 0 bridgehead atoms. The van der Waals surface area contributed by atoms with Gasteiger partial charge in [-0.25, -0.2) is 9.67 Å². The fourth-order valence-electron chi connectivity index (χ4n) is 3.43. The molecule has 0 unspecified atom stereocenters. The highest BCUT2D eigenvalue weighted by Gasteiger charge is 2.30. The molecule has 146 valence electrons. The van der Waals surface area contributed by atoms with E-state index in [9.17, 15) is 9.90 Å². The van der Waals surface area contributed by atoms with E-state index >= 15 is 0 Å². The third kappa shape index (κ3) is 3.46. The number of aromatic hydroxyl groups is 1. The van der Waals surface area contributed by atoms with Gasteiger partial charge in [0.1, 0.15) is 5.75 Å². The number of nitrogens with one attached hydrogen (secondary N) is 1. The summed E-state index contributed by atoms with van der Waals surface area (Å²) < 4.78 is 1.93. The minimum absolute atomic E-state index is 0.126. The van der Waals surface area contributed by atoms with E-state index in [0.29, 0.717) is 18.0 Å². The number of fused-ring (bicyclic) bond motifs is 1. The molecule has 2 heterocycles. The van der Waals surface area contributed by atoms with Gasteiger partial charge in [0.25, 0.3) is 5.91 Å². The molecule has 2 N–H and O–H groups in total. The summed E-state index contributed by atoms with van der Waals surface area (Å²) in [6, 6.07) is 8.78. The fraction of sp³-hybridized carbons (Fsp3) is 0.409. The highest BCUT2D eigenvalue weighted by molar-refractivity contribution is 6.06. The van der Waals surface area contributed by atoms with Crippen LogP contribution in [0.3, 0.4) is 0 Å². The fourth-order valence-corrected chi connectivity index (χ4v) is 3.43. The summed E-state index contributed by atoms with van der Waals surface area (Å²) in [5, 5.41) is 17.9. The molecule has 0 radical (unpaired) electrons. The first-order valence-corrected chi connectivity index (χ1v) is 9.71. The maximum absolute atomic E-state index is 13.1. The highest BCUT2D eigenvalue weighted by Crippen LogP contribution is 2.41. The molecular formula is C22H26N4O2. The third-order valence-corrected chi connectivity index (χ3v) is 5.10. The van der Waals surface area contributed by atoms with Gasteiger partial charge in [0.2, 0.25) is 0 Å². The van der Waals surface area contributed by atoms with Crippen molar-refractivity contribution in [2.75, 3.05) is 0 Å². The quantitative estimate of drug-likeness (QED) is 0.719. The van der Waals surface area contributed by atoms with Crippen molar-refractivity contribution < 1.29 is 9.90 Å². The Kier molecular flexibility index (Phi) is 4.37. The maximum Gasteiger partial charge on any atom is 0.252 e. The topological polar surface area (TPSA) is 80.0 Å². The lowest BCUT2D eigenvalue weighted by molar-refractivity contribution is 0.0952. The van der Waals surface area contributed by atoms with Gasteiger partial charge in [0, 0.05) is 18.2 Å². The van der Waals surface area contributed by atoms with Gasteiger partial charge in [0.05, 0.1) is 22.2 Å². The number of aryl methyl sites for hydroxylation is 1. The number of phenolic OH excluding ortho intramolecular Hbond substituents is 1. The van der Waals surface area contributed by atoms with Crippen molar-refractivity contribution in [3.8, 4) is 5.75 Å². The van der Waals surface area contributed by atoms with Crippen LogP contribution in [0.2, 0.25) is 0 Å². The van der Waals surface area contributed by atoms with Crippen LogP contribution in [0.25, 0.3) is 11.0 Å². The number of aromatic nitrogens is 3. The van der Waals surface area contributed by atoms with E-state index in [1.807, 2.05) is 17.7 Å². The Morgan fingerprint density at radius 2 is 1.93 bits per heavy atom. The van der Waals surface area contributed by atoms with Gasteiger partial charge in [-0.05, 0) is 64.3 Å². The van der Waals surface area contributed by atoms with Gasteiger partial charge in [-0.15, -0.1) is 0 Å². The van der Waals surface area contributed by atoms with E-state index in [1.165, 1.54) is 0 Å². The predicted molar refractivity (Wildman–Crippen MR) is 109 cm³/mol. The second-order valence-electron chi connectivity index (χ2n) is 8.58. The number of hydrogen-bond donors (Lipinski definition) is 2. The van der Waals surface area contributed by atoms with Crippen LogP contribution in [0, 0.1) is 6.92 Å². The number of carbonyl (C=O) groups excluding carboxylic acids is 1. The lowest BCUT2D eigenvalue weighted by Gasteiger charge is -2.20. The second-order valence-corrected chi connectivity index (χ2v) is 8.58. The highest BCUT2D eigenvalue weighted by atomic mass is 16.3. The van der Waals surface area contributed by atoms with Gasteiger partial charge in [-0.2, -0.15) is 5.10 Å². The van der Waals surface area contributed by atoms with E-state index in [-0.39, 0.29) is 17.2 Å². The Labute approximate surface area is 164 Å². The van der Waals surface area contributed by atoms with E-state index in [2.05, 4.69) is 26.1 Å². The molecule has 2 aromatic heterocycles. The maximum atomic E-state index is 13.1. The lowest BCUT2D eigenvalue weighted by Crippen LogP contribution is -2.25. The van der Waals surface area contributed by atoms with Gasteiger partial charge in [-0.1, -0.05) is 12.1 Å². The van der Waals surface area contributed by atoms with E-state index in [4.69, 9.17) is 10.1 Å². The first kappa shape index (κ1) is 18.5. The number of amides is 1. The zero-order valence-corrected chi connectivity index (χ0v) is 16.8. The van der Waals surface area contributed by atoms with Gasteiger partial charge in [0.15, 0.2) is 5.65 Å². The van der Waals surface area contributed by atoms with Crippen molar-refractivity contribution in [2.45, 2.75) is 58.5 Å². The van der Waals surface area contributed by atoms with Crippen LogP contribution in [0.1, 0.15) is 66.8 Å². The minimum Gasteiger partial charge on any atom is -0.508 e. The van der Waals surface area contributed by atoms with Crippen LogP contribution >= 0.6 is 0 Å². The van der Waals surface area contributed by atoms with Crippen molar-refractivity contribution in [3.63, 3.8) is 0 Å². The van der Waals surface area contributed by atoms with Crippen molar-refractivity contribution in [1.82, 2.24) is 20.1 Å². The van der Waals surface area contributed by atoms with Crippen molar-refractivity contribution in [1.29, 1.82) is 0 Å². The first-order valence-electron chi connectivity index (χ1n) is 9.71. The number of benzene rings is 1. The smallest absolute Gasteiger partial charge is 0.252 e. The summed E-state index contributed by atoms with van der Waals surface area (Å²) in [6.07, 6.45) is 2.24. The lowest BCUT2D eigenvalue weighted by atomic mass is 10.1. The number of rotatable bonds is 4. The molecule has 1 saturated carbocycles. The molecule has 4 rings (SSSR count). The van der Waals surface area contributed by atoms with Gasteiger partial charge >= 0.3 is 0 Å². The molecule has 1 fully saturated rings. The summed E-state index contributed by atoms with van der Waals surface area (Å²) in [5.41, 5.74) is 3.92. The SMILES string of the molecule is Cc1nn(C(C)(C)C)c2nc(C3CC3)cc(C(=O)NCc3ccc(O)cc3)c12. The van der Waals surface area contributed by atoms with Crippen LogP contribution < -0.4 is 5.32 Å². The molecule has 0 spiro atoms. The van der Waals surface area contributed by atoms with Gasteiger partial charge in [-0.3, -0.25) is 4.79 Å². The molecule has 1 aliphatic rings. The predicted octanol–water partition coefficient (Wildman–Crippen LogP) is 4.01. The summed E-state index contributed by atoms with van der Waals surface area (Å²) in [7, 11) is 0. The Morgan fingerprint density at radius 1 is 1.25 bits per heavy atom. The molecule has 0 saturated heterocycles.